The lowest BCUT2D eigenvalue weighted by Gasteiger charge is -2.11. The van der Waals surface area contributed by atoms with Crippen molar-refractivity contribution in [2.75, 3.05) is 11.9 Å². The lowest BCUT2D eigenvalue weighted by atomic mass is 9.98. The summed E-state index contributed by atoms with van der Waals surface area (Å²) in [6, 6.07) is 15.2. The Morgan fingerprint density at radius 2 is 1.68 bits per heavy atom. The van der Waals surface area contributed by atoms with Crippen LogP contribution < -0.4 is 10.1 Å². The zero-order valence-corrected chi connectivity index (χ0v) is 13.4. The quantitative estimate of drug-likeness (QED) is 0.827. The molecule has 0 radical (unpaired) electrons. The number of carbonyl (C=O) groups excluding carboxylic acids is 1. The van der Waals surface area contributed by atoms with Crippen LogP contribution >= 0.6 is 0 Å². The van der Waals surface area contributed by atoms with E-state index < -0.39 is 0 Å². The van der Waals surface area contributed by atoms with Gasteiger partial charge in [-0.1, -0.05) is 26.0 Å². The average molecular weight is 297 g/mol. The molecule has 0 unspecified atom stereocenters. The zero-order chi connectivity index (χ0) is 15.9. The Morgan fingerprint density at radius 1 is 1.05 bits per heavy atom. The fourth-order valence-corrected chi connectivity index (χ4v) is 2.20. The number of anilines is 1. The molecule has 0 aromatic heterocycles. The van der Waals surface area contributed by atoms with Crippen LogP contribution in [0.25, 0.3) is 0 Å². The first-order valence-corrected chi connectivity index (χ1v) is 7.78. The Labute approximate surface area is 132 Å². The van der Waals surface area contributed by atoms with Crippen LogP contribution in [-0.2, 0) is 0 Å². The SMILES string of the molecule is CCOc1ccc(C(=O)Nc2ccc([C@H](C)CC)cc2)cc1. The molecule has 2 rings (SSSR count). The summed E-state index contributed by atoms with van der Waals surface area (Å²) >= 11 is 0. The third-order valence-corrected chi connectivity index (χ3v) is 3.78. The molecule has 22 heavy (non-hydrogen) atoms. The minimum absolute atomic E-state index is 0.112. The third kappa shape index (κ3) is 4.10. The maximum Gasteiger partial charge on any atom is 0.255 e. The van der Waals surface area contributed by atoms with Crippen molar-refractivity contribution >= 4 is 11.6 Å². The highest BCUT2D eigenvalue weighted by atomic mass is 16.5. The van der Waals surface area contributed by atoms with E-state index in [-0.39, 0.29) is 5.91 Å². The van der Waals surface area contributed by atoms with Gasteiger partial charge in [0.2, 0.25) is 0 Å². The first-order chi connectivity index (χ1) is 10.6. The summed E-state index contributed by atoms with van der Waals surface area (Å²) < 4.78 is 5.37. The average Bonchev–Trinajstić information content (AvgIpc) is 2.55. The van der Waals surface area contributed by atoms with Crippen molar-refractivity contribution in [3.8, 4) is 5.75 Å². The number of ether oxygens (including phenoxy) is 1. The van der Waals surface area contributed by atoms with Gasteiger partial charge in [-0.15, -0.1) is 0 Å². The van der Waals surface area contributed by atoms with Crippen LogP contribution in [-0.4, -0.2) is 12.5 Å². The third-order valence-electron chi connectivity index (χ3n) is 3.78. The maximum atomic E-state index is 12.2. The van der Waals surface area contributed by atoms with Gasteiger partial charge in [-0.25, -0.2) is 0 Å². The van der Waals surface area contributed by atoms with Gasteiger partial charge in [-0.3, -0.25) is 4.79 Å². The van der Waals surface area contributed by atoms with Gasteiger partial charge in [-0.05, 0) is 61.2 Å². The molecule has 1 amide bonds. The van der Waals surface area contributed by atoms with Crippen molar-refractivity contribution < 1.29 is 9.53 Å². The molecular formula is C19H23NO2. The number of hydrogen-bond acceptors (Lipinski definition) is 2. The highest BCUT2D eigenvalue weighted by molar-refractivity contribution is 6.04. The van der Waals surface area contributed by atoms with Crippen LogP contribution in [0.3, 0.4) is 0 Å². The summed E-state index contributed by atoms with van der Waals surface area (Å²) in [5, 5.41) is 2.91. The molecule has 0 fully saturated rings. The molecule has 0 saturated carbocycles. The molecule has 1 atom stereocenters. The summed E-state index contributed by atoms with van der Waals surface area (Å²) in [7, 11) is 0. The number of rotatable bonds is 6. The molecule has 0 aliphatic heterocycles. The fraction of sp³-hybridized carbons (Fsp3) is 0.316. The van der Waals surface area contributed by atoms with Crippen molar-refractivity contribution in [2.45, 2.75) is 33.1 Å². The second-order valence-electron chi connectivity index (χ2n) is 5.34. The van der Waals surface area contributed by atoms with Gasteiger partial charge < -0.3 is 10.1 Å². The molecule has 3 heteroatoms. The van der Waals surface area contributed by atoms with Crippen molar-refractivity contribution in [1.82, 2.24) is 0 Å². The first-order valence-electron chi connectivity index (χ1n) is 7.78. The number of amides is 1. The van der Waals surface area contributed by atoms with Gasteiger partial charge in [0, 0.05) is 11.3 Å². The summed E-state index contributed by atoms with van der Waals surface area (Å²) in [5.41, 5.74) is 2.72. The predicted octanol–water partition coefficient (Wildman–Crippen LogP) is 4.85. The number of benzene rings is 2. The van der Waals surface area contributed by atoms with Crippen molar-refractivity contribution in [3.63, 3.8) is 0 Å². The summed E-state index contributed by atoms with van der Waals surface area (Å²) in [6.45, 7) is 6.93. The normalized spacial score (nSPS) is 11.8. The number of hydrogen-bond donors (Lipinski definition) is 1. The Hall–Kier alpha value is -2.29. The molecule has 0 aliphatic carbocycles. The lowest BCUT2D eigenvalue weighted by molar-refractivity contribution is 0.102. The van der Waals surface area contributed by atoms with Crippen LogP contribution in [0.1, 0.15) is 49.0 Å². The smallest absolute Gasteiger partial charge is 0.255 e. The van der Waals surface area contributed by atoms with Gasteiger partial charge in [0.05, 0.1) is 6.61 Å². The van der Waals surface area contributed by atoms with Gasteiger partial charge >= 0.3 is 0 Å². The van der Waals surface area contributed by atoms with E-state index in [4.69, 9.17) is 4.74 Å². The van der Waals surface area contributed by atoms with E-state index in [9.17, 15) is 4.79 Å². The first kappa shape index (κ1) is 16.1. The van der Waals surface area contributed by atoms with Crippen LogP contribution in [0.15, 0.2) is 48.5 Å². The Balaban J connectivity index is 2.02. The highest BCUT2D eigenvalue weighted by Gasteiger charge is 2.07. The standard InChI is InChI=1S/C19H23NO2/c1-4-14(3)15-6-10-17(11-7-15)20-19(21)16-8-12-18(13-9-16)22-5-2/h6-14H,4-5H2,1-3H3,(H,20,21)/t14-/m1/s1. The van der Waals surface area contributed by atoms with Crippen molar-refractivity contribution in [1.29, 1.82) is 0 Å². The molecule has 3 nitrogen and oxygen atoms in total. The van der Waals surface area contributed by atoms with Gasteiger partial charge in [0.1, 0.15) is 5.75 Å². The number of carbonyl (C=O) groups is 1. The van der Waals surface area contributed by atoms with E-state index in [1.165, 1.54) is 5.56 Å². The minimum Gasteiger partial charge on any atom is -0.494 e. The Bertz CT molecular complexity index is 602. The molecule has 116 valence electrons. The van der Waals surface area contributed by atoms with E-state index >= 15 is 0 Å². The molecule has 2 aromatic rings. The van der Waals surface area contributed by atoms with Crippen molar-refractivity contribution in [2.24, 2.45) is 0 Å². The second kappa shape index (κ2) is 7.64. The van der Waals surface area contributed by atoms with Gasteiger partial charge in [-0.2, -0.15) is 0 Å². The molecule has 0 heterocycles. The molecule has 0 saturated heterocycles. The van der Waals surface area contributed by atoms with Crippen LogP contribution in [0.4, 0.5) is 5.69 Å². The van der Waals surface area contributed by atoms with Crippen molar-refractivity contribution in [3.05, 3.63) is 59.7 Å². The lowest BCUT2D eigenvalue weighted by Crippen LogP contribution is -2.11. The van der Waals surface area contributed by atoms with Crippen LogP contribution in [0.5, 0.6) is 5.75 Å². The van der Waals surface area contributed by atoms with E-state index in [1.807, 2.05) is 31.2 Å². The van der Waals surface area contributed by atoms with E-state index in [0.717, 1.165) is 17.9 Å². The predicted molar refractivity (Wildman–Crippen MR) is 90.7 cm³/mol. The Kier molecular flexibility index (Phi) is 5.59. The highest BCUT2D eigenvalue weighted by Crippen LogP contribution is 2.21. The summed E-state index contributed by atoms with van der Waals surface area (Å²) in [6.07, 6.45) is 1.11. The maximum absolute atomic E-state index is 12.2. The summed E-state index contributed by atoms with van der Waals surface area (Å²) in [5.74, 6) is 1.20. The van der Waals surface area contributed by atoms with Crippen LogP contribution in [0.2, 0.25) is 0 Å². The van der Waals surface area contributed by atoms with E-state index in [1.54, 1.807) is 12.1 Å². The van der Waals surface area contributed by atoms with E-state index in [0.29, 0.717) is 18.1 Å². The molecule has 0 spiro atoms. The van der Waals surface area contributed by atoms with Crippen LogP contribution in [0, 0.1) is 0 Å². The molecule has 0 aliphatic rings. The molecule has 2 aromatic carbocycles. The fourth-order valence-electron chi connectivity index (χ4n) is 2.20. The van der Waals surface area contributed by atoms with E-state index in [2.05, 4.69) is 31.3 Å². The molecule has 0 bridgehead atoms. The second-order valence-corrected chi connectivity index (χ2v) is 5.34. The number of nitrogens with one attached hydrogen (secondary N) is 1. The Morgan fingerprint density at radius 3 is 2.23 bits per heavy atom. The minimum atomic E-state index is -0.112. The molecule has 1 N–H and O–H groups in total. The zero-order valence-electron chi connectivity index (χ0n) is 13.4. The van der Waals surface area contributed by atoms with Gasteiger partial charge in [0.25, 0.3) is 5.91 Å². The van der Waals surface area contributed by atoms with Gasteiger partial charge in [0.15, 0.2) is 0 Å². The largest absolute Gasteiger partial charge is 0.494 e. The molecular weight excluding hydrogens is 274 g/mol. The topological polar surface area (TPSA) is 38.3 Å². The summed E-state index contributed by atoms with van der Waals surface area (Å²) in [4.78, 5) is 12.2. The monoisotopic (exact) mass is 297 g/mol.